The fraction of sp³-hybridized carbons (Fsp3) is 0.250. The van der Waals surface area contributed by atoms with Gasteiger partial charge in [-0.05, 0) is 12.5 Å². The maximum absolute atomic E-state index is 7.35. The zero-order valence-electron chi connectivity index (χ0n) is 9.23. The molecule has 0 aliphatic carbocycles. The van der Waals surface area contributed by atoms with Gasteiger partial charge in [-0.15, -0.1) is 0 Å². The van der Waals surface area contributed by atoms with Crippen LogP contribution < -0.4 is 5.73 Å². The van der Waals surface area contributed by atoms with Crippen LogP contribution in [0.15, 0.2) is 35.4 Å². The Morgan fingerprint density at radius 3 is 2.88 bits per heavy atom. The number of para-hydroxylation sites is 1. The standard InChI is InChI=1S/C12H15N3S/c1-2-7-15-8-11(16-12(13)14)9-5-3-4-6-10(9)15/h3-6,8H,2,7H2,1H3,(H3,13,14). The van der Waals surface area contributed by atoms with Gasteiger partial charge in [0, 0.05) is 28.5 Å². The molecule has 2 rings (SSSR count). The third kappa shape index (κ3) is 2.07. The van der Waals surface area contributed by atoms with Crippen LogP contribution in [-0.2, 0) is 6.54 Å². The number of rotatable bonds is 3. The summed E-state index contributed by atoms with van der Waals surface area (Å²) in [5.74, 6) is 0. The Bertz CT molecular complexity index is 516. The first-order valence-corrected chi connectivity index (χ1v) is 6.13. The summed E-state index contributed by atoms with van der Waals surface area (Å²) in [6.07, 6.45) is 3.18. The SMILES string of the molecule is CCCn1cc(SC(=N)N)c2ccccc21. The highest BCUT2D eigenvalue weighted by molar-refractivity contribution is 8.13. The lowest BCUT2D eigenvalue weighted by Gasteiger charge is -2.00. The van der Waals surface area contributed by atoms with Gasteiger partial charge in [-0.25, -0.2) is 0 Å². The Morgan fingerprint density at radius 2 is 2.19 bits per heavy atom. The smallest absolute Gasteiger partial charge is 0.156 e. The Morgan fingerprint density at radius 1 is 1.44 bits per heavy atom. The molecule has 84 valence electrons. The highest BCUT2D eigenvalue weighted by Crippen LogP contribution is 2.29. The number of benzene rings is 1. The molecule has 0 aliphatic rings. The Labute approximate surface area is 99.1 Å². The first kappa shape index (κ1) is 11.1. The van der Waals surface area contributed by atoms with Gasteiger partial charge in [0.15, 0.2) is 5.17 Å². The van der Waals surface area contributed by atoms with E-state index < -0.39 is 0 Å². The molecule has 16 heavy (non-hydrogen) atoms. The van der Waals surface area contributed by atoms with Crippen molar-refractivity contribution in [1.82, 2.24) is 4.57 Å². The summed E-state index contributed by atoms with van der Waals surface area (Å²) in [5.41, 5.74) is 6.65. The molecule has 1 aromatic carbocycles. The van der Waals surface area contributed by atoms with Crippen molar-refractivity contribution in [3.05, 3.63) is 30.5 Å². The van der Waals surface area contributed by atoms with Crippen LogP contribution in [0.2, 0.25) is 0 Å². The van der Waals surface area contributed by atoms with Crippen molar-refractivity contribution in [3.63, 3.8) is 0 Å². The number of aromatic nitrogens is 1. The molecule has 1 heterocycles. The molecule has 0 fully saturated rings. The molecule has 0 atom stereocenters. The monoisotopic (exact) mass is 233 g/mol. The van der Waals surface area contributed by atoms with Crippen molar-refractivity contribution in [3.8, 4) is 0 Å². The quantitative estimate of drug-likeness (QED) is 0.486. The van der Waals surface area contributed by atoms with Gasteiger partial charge in [0.2, 0.25) is 0 Å². The van der Waals surface area contributed by atoms with Crippen LogP contribution in [0.4, 0.5) is 0 Å². The van der Waals surface area contributed by atoms with Gasteiger partial charge < -0.3 is 10.3 Å². The zero-order chi connectivity index (χ0) is 11.5. The van der Waals surface area contributed by atoms with Crippen LogP contribution in [0, 0.1) is 5.41 Å². The van der Waals surface area contributed by atoms with E-state index >= 15 is 0 Å². The summed E-state index contributed by atoms with van der Waals surface area (Å²) in [5, 5.41) is 8.67. The van der Waals surface area contributed by atoms with Crippen molar-refractivity contribution >= 4 is 27.8 Å². The van der Waals surface area contributed by atoms with Gasteiger partial charge in [-0.3, -0.25) is 5.41 Å². The van der Waals surface area contributed by atoms with E-state index in [-0.39, 0.29) is 5.17 Å². The number of thioether (sulfide) groups is 1. The lowest BCUT2D eigenvalue weighted by atomic mass is 10.2. The van der Waals surface area contributed by atoms with E-state index in [0.717, 1.165) is 17.9 Å². The number of hydrogen-bond acceptors (Lipinski definition) is 2. The van der Waals surface area contributed by atoms with E-state index in [2.05, 4.69) is 29.8 Å². The Kier molecular flexibility index (Phi) is 3.19. The van der Waals surface area contributed by atoms with Gasteiger partial charge in [-0.1, -0.05) is 36.9 Å². The highest BCUT2D eigenvalue weighted by Gasteiger charge is 2.08. The molecule has 0 aliphatic heterocycles. The molecule has 4 heteroatoms. The van der Waals surface area contributed by atoms with Crippen LogP contribution in [0.3, 0.4) is 0 Å². The molecule has 0 bridgehead atoms. The summed E-state index contributed by atoms with van der Waals surface area (Å²) >= 11 is 1.31. The van der Waals surface area contributed by atoms with E-state index in [4.69, 9.17) is 11.1 Å². The normalized spacial score (nSPS) is 10.8. The molecule has 0 saturated heterocycles. The lowest BCUT2D eigenvalue weighted by Crippen LogP contribution is -2.02. The fourth-order valence-electron chi connectivity index (χ4n) is 1.84. The number of fused-ring (bicyclic) bond motifs is 1. The summed E-state index contributed by atoms with van der Waals surface area (Å²) in [6, 6.07) is 8.24. The second-order valence-corrected chi connectivity index (χ2v) is 4.75. The van der Waals surface area contributed by atoms with Crippen molar-refractivity contribution in [1.29, 1.82) is 5.41 Å². The second-order valence-electron chi connectivity index (χ2n) is 3.67. The highest BCUT2D eigenvalue weighted by atomic mass is 32.2. The molecule has 0 radical (unpaired) electrons. The molecule has 0 unspecified atom stereocenters. The number of hydrogen-bond donors (Lipinski definition) is 2. The minimum Gasteiger partial charge on any atom is -0.378 e. The van der Waals surface area contributed by atoms with Gasteiger partial charge in [0.25, 0.3) is 0 Å². The van der Waals surface area contributed by atoms with Crippen molar-refractivity contribution < 1.29 is 0 Å². The minimum absolute atomic E-state index is 0.138. The maximum Gasteiger partial charge on any atom is 0.156 e. The van der Waals surface area contributed by atoms with Crippen LogP contribution >= 0.6 is 11.8 Å². The molecule has 1 aromatic heterocycles. The van der Waals surface area contributed by atoms with Gasteiger partial charge in [-0.2, -0.15) is 0 Å². The van der Waals surface area contributed by atoms with E-state index in [1.165, 1.54) is 22.7 Å². The molecular weight excluding hydrogens is 218 g/mol. The van der Waals surface area contributed by atoms with Crippen molar-refractivity contribution in [2.45, 2.75) is 24.8 Å². The Hall–Kier alpha value is -1.42. The van der Waals surface area contributed by atoms with Crippen LogP contribution in [0.1, 0.15) is 13.3 Å². The topological polar surface area (TPSA) is 54.8 Å². The van der Waals surface area contributed by atoms with Gasteiger partial charge >= 0.3 is 0 Å². The second kappa shape index (κ2) is 4.61. The number of aryl methyl sites for hydroxylation is 1. The predicted molar refractivity (Wildman–Crippen MR) is 70.0 cm³/mol. The number of nitrogens with two attached hydrogens (primary N) is 1. The molecule has 3 nitrogen and oxygen atoms in total. The van der Waals surface area contributed by atoms with Crippen LogP contribution in [-0.4, -0.2) is 9.73 Å². The van der Waals surface area contributed by atoms with Gasteiger partial charge in [0.05, 0.1) is 0 Å². The third-order valence-electron chi connectivity index (χ3n) is 2.44. The molecule has 2 aromatic rings. The first-order chi connectivity index (χ1) is 7.72. The Balaban J connectivity index is 2.52. The molecule has 3 N–H and O–H groups in total. The number of amidine groups is 1. The largest absolute Gasteiger partial charge is 0.378 e. The zero-order valence-corrected chi connectivity index (χ0v) is 10.1. The van der Waals surface area contributed by atoms with Crippen molar-refractivity contribution in [2.75, 3.05) is 0 Å². The van der Waals surface area contributed by atoms with E-state index in [1.807, 2.05) is 12.1 Å². The average Bonchev–Trinajstić information content (AvgIpc) is 2.58. The predicted octanol–water partition coefficient (Wildman–Crippen LogP) is 3.04. The summed E-state index contributed by atoms with van der Waals surface area (Å²) < 4.78 is 2.22. The molecule has 0 saturated carbocycles. The summed E-state index contributed by atoms with van der Waals surface area (Å²) in [6.45, 7) is 3.16. The number of nitrogens with zero attached hydrogens (tertiary/aromatic N) is 1. The third-order valence-corrected chi connectivity index (χ3v) is 3.20. The number of nitrogens with one attached hydrogen (secondary N) is 1. The molecule has 0 spiro atoms. The lowest BCUT2D eigenvalue weighted by molar-refractivity contribution is 0.700. The van der Waals surface area contributed by atoms with Crippen molar-refractivity contribution in [2.24, 2.45) is 5.73 Å². The van der Waals surface area contributed by atoms with E-state index in [9.17, 15) is 0 Å². The van der Waals surface area contributed by atoms with Crippen LogP contribution in [0.5, 0.6) is 0 Å². The minimum atomic E-state index is 0.138. The maximum atomic E-state index is 7.35. The summed E-state index contributed by atoms with van der Waals surface area (Å²) in [7, 11) is 0. The molecule has 0 amide bonds. The average molecular weight is 233 g/mol. The van der Waals surface area contributed by atoms with E-state index in [1.54, 1.807) is 0 Å². The van der Waals surface area contributed by atoms with E-state index in [0.29, 0.717) is 0 Å². The van der Waals surface area contributed by atoms with Gasteiger partial charge in [0.1, 0.15) is 0 Å². The summed E-state index contributed by atoms with van der Waals surface area (Å²) in [4.78, 5) is 1.07. The molecular formula is C12H15N3S. The first-order valence-electron chi connectivity index (χ1n) is 5.32. The fourth-order valence-corrected chi connectivity index (χ4v) is 2.54. The van der Waals surface area contributed by atoms with Crippen LogP contribution in [0.25, 0.3) is 10.9 Å².